The van der Waals surface area contributed by atoms with Crippen LogP contribution in [0.5, 0.6) is 5.75 Å². The molecule has 1 aliphatic rings. The Labute approximate surface area is 228 Å². The van der Waals surface area contributed by atoms with E-state index in [-0.39, 0.29) is 11.7 Å². The Morgan fingerprint density at radius 3 is 2.36 bits per heavy atom. The predicted molar refractivity (Wildman–Crippen MR) is 145 cm³/mol. The first kappa shape index (κ1) is 26.7. The molecule has 1 N–H and O–H groups in total. The van der Waals surface area contributed by atoms with Gasteiger partial charge in [0.2, 0.25) is 0 Å². The van der Waals surface area contributed by atoms with Crippen LogP contribution < -0.4 is 19.9 Å². The minimum atomic E-state index is -4.70. The third-order valence-electron chi connectivity index (χ3n) is 6.65. The van der Waals surface area contributed by atoms with Crippen molar-refractivity contribution in [2.24, 2.45) is 0 Å². The number of carbonyl (C=O) groups excluding carboxylic acids is 1. The van der Waals surface area contributed by atoms with Gasteiger partial charge in [-0.25, -0.2) is 4.98 Å². The molecule has 0 saturated carbocycles. The van der Waals surface area contributed by atoms with Crippen LogP contribution in [0.3, 0.4) is 0 Å². The molecule has 7 nitrogen and oxygen atoms in total. The van der Waals surface area contributed by atoms with E-state index in [0.29, 0.717) is 35.0 Å². The molecule has 0 spiro atoms. The number of carbonyl (C=O) groups is 1. The molecule has 4 aromatic rings. The van der Waals surface area contributed by atoms with Crippen molar-refractivity contribution in [3.63, 3.8) is 0 Å². The van der Waals surface area contributed by atoms with Crippen LogP contribution in [0.4, 0.5) is 24.5 Å². The molecule has 1 aliphatic heterocycles. The summed E-state index contributed by atoms with van der Waals surface area (Å²) in [5, 5.41) is 3.54. The summed E-state index contributed by atoms with van der Waals surface area (Å²) >= 11 is 6.15. The summed E-state index contributed by atoms with van der Waals surface area (Å²) in [6.07, 6.45) is -2.39. The third-order valence-corrected chi connectivity index (χ3v) is 6.87. The standard InChI is InChI=1S/C28H27ClF3N5O2/c1-2-24-26(37-18-20(29)6-11-25(37)34-24)27(38)33-17-19-4-3-5-22(16-19)36-14-12-35(13-15-36)21-7-9-23(10-8-21)39-28(30,31)32/h3-11,16,18H,2,12-15,17H2,1H3,(H,33,38). The molecule has 1 fully saturated rings. The van der Waals surface area contributed by atoms with E-state index in [4.69, 9.17) is 11.6 Å². The Balaban J connectivity index is 1.20. The van der Waals surface area contributed by atoms with Gasteiger partial charge < -0.3 is 19.9 Å². The normalized spacial score (nSPS) is 14.1. The molecule has 3 heterocycles. The van der Waals surface area contributed by atoms with Crippen molar-refractivity contribution in [3.8, 4) is 5.75 Å². The maximum absolute atomic E-state index is 13.1. The Bertz CT molecular complexity index is 1460. The minimum Gasteiger partial charge on any atom is -0.406 e. The number of hydrogen-bond acceptors (Lipinski definition) is 5. The number of anilines is 2. The highest BCUT2D eigenvalue weighted by Gasteiger charge is 2.31. The maximum Gasteiger partial charge on any atom is 0.573 e. The molecule has 0 aliphatic carbocycles. The minimum absolute atomic E-state index is 0.215. The van der Waals surface area contributed by atoms with E-state index >= 15 is 0 Å². The lowest BCUT2D eigenvalue weighted by Gasteiger charge is -2.37. The fourth-order valence-corrected chi connectivity index (χ4v) is 4.93. The lowest BCUT2D eigenvalue weighted by Crippen LogP contribution is -2.46. The number of aryl methyl sites for hydroxylation is 1. The highest BCUT2D eigenvalue weighted by molar-refractivity contribution is 6.30. The van der Waals surface area contributed by atoms with E-state index in [0.717, 1.165) is 43.1 Å². The third kappa shape index (κ3) is 6.22. The molecule has 0 bridgehead atoms. The predicted octanol–water partition coefficient (Wildman–Crippen LogP) is 5.71. The van der Waals surface area contributed by atoms with Gasteiger partial charge in [-0.1, -0.05) is 30.7 Å². The summed E-state index contributed by atoms with van der Waals surface area (Å²) in [4.78, 5) is 22.1. The van der Waals surface area contributed by atoms with Crippen LogP contribution in [0.2, 0.25) is 5.02 Å². The molecule has 204 valence electrons. The molecule has 0 atom stereocenters. The smallest absolute Gasteiger partial charge is 0.406 e. The summed E-state index contributed by atoms with van der Waals surface area (Å²) in [5.74, 6) is -0.447. The molecule has 39 heavy (non-hydrogen) atoms. The van der Waals surface area contributed by atoms with E-state index in [1.165, 1.54) is 12.1 Å². The van der Waals surface area contributed by atoms with E-state index < -0.39 is 6.36 Å². The van der Waals surface area contributed by atoms with Gasteiger partial charge >= 0.3 is 6.36 Å². The van der Waals surface area contributed by atoms with Gasteiger partial charge in [0.1, 0.15) is 17.1 Å². The fraction of sp³-hybridized carbons (Fsp3) is 0.286. The Hall–Kier alpha value is -3.92. The number of halogens is 4. The van der Waals surface area contributed by atoms with Gasteiger partial charge in [0.15, 0.2) is 0 Å². The largest absolute Gasteiger partial charge is 0.573 e. The number of piperazine rings is 1. The highest BCUT2D eigenvalue weighted by Crippen LogP contribution is 2.27. The van der Waals surface area contributed by atoms with Gasteiger partial charge in [-0.2, -0.15) is 0 Å². The number of benzene rings is 2. The van der Waals surface area contributed by atoms with E-state index in [1.807, 2.05) is 25.1 Å². The first-order chi connectivity index (χ1) is 18.7. The Morgan fingerprint density at radius 1 is 1.00 bits per heavy atom. The fourth-order valence-electron chi connectivity index (χ4n) is 4.77. The SMILES string of the molecule is CCc1nc2ccc(Cl)cn2c1C(=O)NCc1cccc(N2CCN(c3ccc(OC(F)(F)F)cc3)CC2)c1. The number of hydrogen-bond donors (Lipinski definition) is 1. The number of imidazole rings is 1. The van der Waals surface area contributed by atoms with Gasteiger partial charge in [-0.3, -0.25) is 9.20 Å². The van der Waals surface area contributed by atoms with Gasteiger partial charge in [0.25, 0.3) is 5.91 Å². The van der Waals surface area contributed by atoms with Crippen molar-refractivity contribution < 1.29 is 22.7 Å². The average molecular weight is 558 g/mol. The first-order valence-electron chi connectivity index (χ1n) is 12.6. The van der Waals surface area contributed by atoms with Crippen molar-refractivity contribution in [3.05, 3.63) is 88.8 Å². The van der Waals surface area contributed by atoms with Crippen molar-refractivity contribution in [2.45, 2.75) is 26.3 Å². The molecule has 1 saturated heterocycles. The number of nitrogens with zero attached hydrogens (tertiary/aromatic N) is 4. The maximum atomic E-state index is 13.1. The zero-order valence-corrected chi connectivity index (χ0v) is 22.0. The van der Waals surface area contributed by atoms with Gasteiger partial charge in [0, 0.05) is 50.3 Å². The van der Waals surface area contributed by atoms with Crippen molar-refractivity contribution in [1.82, 2.24) is 14.7 Å². The van der Waals surface area contributed by atoms with Crippen LogP contribution in [0.25, 0.3) is 5.65 Å². The van der Waals surface area contributed by atoms with Gasteiger partial charge in [-0.15, -0.1) is 13.2 Å². The zero-order valence-electron chi connectivity index (χ0n) is 21.2. The second kappa shape index (κ2) is 11.1. The average Bonchev–Trinajstić information content (AvgIpc) is 3.29. The molecule has 2 aromatic carbocycles. The van der Waals surface area contributed by atoms with Gasteiger partial charge in [0.05, 0.1) is 10.7 Å². The quantitative estimate of drug-likeness (QED) is 0.316. The van der Waals surface area contributed by atoms with Crippen LogP contribution in [0, 0.1) is 0 Å². The number of amides is 1. The number of ether oxygens (including phenoxy) is 1. The summed E-state index contributed by atoms with van der Waals surface area (Å²) < 4.78 is 42.9. The molecule has 0 unspecified atom stereocenters. The second-order valence-corrected chi connectivity index (χ2v) is 9.64. The second-order valence-electron chi connectivity index (χ2n) is 9.20. The summed E-state index contributed by atoms with van der Waals surface area (Å²) in [5.41, 5.74) is 4.73. The van der Waals surface area contributed by atoms with Crippen molar-refractivity contribution >= 4 is 34.5 Å². The number of fused-ring (bicyclic) bond motifs is 1. The number of pyridine rings is 1. The molecule has 2 aromatic heterocycles. The molecular weight excluding hydrogens is 531 g/mol. The topological polar surface area (TPSA) is 62.1 Å². The van der Waals surface area contributed by atoms with Gasteiger partial charge in [-0.05, 0) is 60.5 Å². The van der Waals surface area contributed by atoms with Crippen LogP contribution in [-0.2, 0) is 13.0 Å². The summed E-state index contributed by atoms with van der Waals surface area (Å²) in [6.45, 7) is 5.25. The molecular formula is C28H27ClF3N5O2. The van der Waals surface area contributed by atoms with Crippen molar-refractivity contribution in [2.75, 3.05) is 36.0 Å². The zero-order chi connectivity index (χ0) is 27.6. The lowest BCUT2D eigenvalue weighted by atomic mass is 10.1. The lowest BCUT2D eigenvalue weighted by molar-refractivity contribution is -0.274. The molecule has 1 amide bonds. The first-order valence-corrected chi connectivity index (χ1v) is 13.0. The monoisotopic (exact) mass is 557 g/mol. The van der Waals surface area contributed by atoms with E-state index in [9.17, 15) is 18.0 Å². The summed E-state index contributed by atoms with van der Waals surface area (Å²) in [7, 11) is 0. The molecule has 5 rings (SSSR count). The number of nitrogens with one attached hydrogen (secondary N) is 1. The van der Waals surface area contributed by atoms with Crippen LogP contribution in [-0.4, -0.2) is 47.8 Å². The summed E-state index contributed by atoms with van der Waals surface area (Å²) in [6, 6.07) is 17.5. The van der Waals surface area contributed by atoms with E-state index in [2.05, 4.69) is 30.9 Å². The van der Waals surface area contributed by atoms with Crippen molar-refractivity contribution in [1.29, 1.82) is 0 Å². The van der Waals surface area contributed by atoms with Crippen LogP contribution in [0.1, 0.15) is 28.7 Å². The number of rotatable bonds is 7. The molecule has 11 heteroatoms. The van der Waals surface area contributed by atoms with E-state index in [1.54, 1.807) is 34.9 Å². The highest BCUT2D eigenvalue weighted by atomic mass is 35.5. The Morgan fingerprint density at radius 2 is 1.69 bits per heavy atom. The van der Waals surface area contributed by atoms with Crippen LogP contribution in [0.15, 0.2) is 66.9 Å². The number of aromatic nitrogens is 2. The van der Waals surface area contributed by atoms with Crippen LogP contribution >= 0.6 is 11.6 Å². The number of alkyl halides is 3. The molecule has 0 radical (unpaired) electrons. The Kier molecular flexibility index (Phi) is 7.56.